The Morgan fingerprint density at radius 3 is 1.40 bits per heavy atom. The Bertz CT molecular complexity index is 560. The smallest absolute Gasteiger partial charge is 0.0853 e. The molecular formula is C31H62O10S. The Morgan fingerprint density at radius 1 is 0.548 bits per heavy atom. The average molecular weight is 627 g/mol. The minimum atomic E-state index is -0.909. The zero-order valence-electron chi connectivity index (χ0n) is 26.5. The van der Waals surface area contributed by atoms with Gasteiger partial charge in [0.1, 0.15) is 0 Å². The van der Waals surface area contributed by atoms with E-state index >= 15 is 0 Å². The van der Waals surface area contributed by atoms with Crippen molar-refractivity contribution < 1.29 is 48.5 Å². The molecule has 1 saturated carbocycles. The number of hydrogen-bond acceptors (Lipinski definition) is 11. The molecule has 1 fully saturated rings. The first kappa shape index (κ1) is 40.0. The molecule has 0 saturated heterocycles. The lowest BCUT2D eigenvalue weighted by atomic mass is 9.77. The van der Waals surface area contributed by atoms with Crippen molar-refractivity contribution in [3.8, 4) is 0 Å². The lowest BCUT2D eigenvalue weighted by Crippen LogP contribution is -2.51. The van der Waals surface area contributed by atoms with E-state index in [1.807, 2.05) is 18.7 Å². The second kappa shape index (κ2) is 29.6. The molecule has 252 valence electrons. The third-order valence-corrected chi connectivity index (χ3v) is 8.23. The van der Waals surface area contributed by atoms with Crippen molar-refractivity contribution in [2.24, 2.45) is 11.8 Å². The third-order valence-electron chi connectivity index (χ3n) is 7.53. The van der Waals surface area contributed by atoms with E-state index in [9.17, 15) is 15.3 Å². The summed E-state index contributed by atoms with van der Waals surface area (Å²) >= 11 is 1.95. The summed E-state index contributed by atoms with van der Waals surface area (Å²) in [6.07, 6.45) is 11.3. The summed E-state index contributed by atoms with van der Waals surface area (Å²) in [4.78, 5) is 0. The van der Waals surface area contributed by atoms with Gasteiger partial charge in [-0.3, -0.25) is 0 Å². The van der Waals surface area contributed by atoms with E-state index in [1.54, 1.807) is 0 Å². The van der Waals surface area contributed by atoms with Crippen molar-refractivity contribution in [3.05, 3.63) is 0 Å². The van der Waals surface area contributed by atoms with E-state index in [0.717, 1.165) is 13.0 Å². The van der Waals surface area contributed by atoms with E-state index in [4.69, 9.17) is 33.2 Å². The molecule has 1 aliphatic rings. The number of aliphatic hydroxyl groups excluding tert-OH is 3. The minimum absolute atomic E-state index is 0.167. The fourth-order valence-electron chi connectivity index (χ4n) is 4.84. The predicted molar refractivity (Wildman–Crippen MR) is 166 cm³/mol. The first-order valence-corrected chi connectivity index (χ1v) is 17.5. The number of thioether (sulfide) groups is 1. The summed E-state index contributed by atoms with van der Waals surface area (Å²) in [6.45, 7) is 8.60. The monoisotopic (exact) mass is 626 g/mol. The van der Waals surface area contributed by atoms with Gasteiger partial charge in [0.25, 0.3) is 0 Å². The highest BCUT2D eigenvalue weighted by atomic mass is 32.2. The van der Waals surface area contributed by atoms with Crippen LogP contribution in [-0.2, 0) is 33.2 Å². The van der Waals surface area contributed by atoms with Gasteiger partial charge in [0.2, 0.25) is 0 Å². The van der Waals surface area contributed by atoms with Gasteiger partial charge in [0.15, 0.2) is 0 Å². The molecule has 0 spiro atoms. The Balaban J connectivity index is 1.71. The van der Waals surface area contributed by atoms with Crippen LogP contribution >= 0.6 is 11.8 Å². The standard InChI is InChI=1S/C31H62O10S/c1-27-29(25-28(26-32)31(34)30(27)33)41-23-22-40-21-20-39-19-18-38-17-16-37-15-14-36-13-12-35-11-9-7-5-3-4-6-8-10-24-42-2/h27-34H,3-26H2,1-2H3. The van der Waals surface area contributed by atoms with Crippen molar-refractivity contribution in [3.63, 3.8) is 0 Å². The summed E-state index contributed by atoms with van der Waals surface area (Å²) in [5, 5.41) is 29.5. The highest BCUT2D eigenvalue weighted by Crippen LogP contribution is 2.31. The van der Waals surface area contributed by atoms with Crippen LogP contribution in [0.2, 0.25) is 0 Å². The minimum Gasteiger partial charge on any atom is -0.396 e. The molecular weight excluding hydrogens is 564 g/mol. The first-order valence-electron chi connectivity index (χ1n) is 16.2. The average Bonchev–Trinajstić information content (AvgIpc) is 3.00. The van der Waals surface area contributed by atoms with Crippen LogP contribution in [0.1, 0.15) is 64.7 Å². The SMILES string of the molecule is CSCCCCCCCCCCOCCOCCOCCOCCOCCOCCOC1CC(CO)C(O)C(O)C1C. The first-order chi connectivity index (χ1) is 20.6. The molecule has 0 amide bonds. The van der Waals surface area contributed by atoms with Crippen molar-refractivity contribution in [2.75, 3.05) is 105 Å². The highest BCUT2D eigenvalue weighted by molar-refractivity contribution is 7.98. The molecule has 0 aliphatic heterocycles. The van der Waals surface area contributed by atoms with Gasteiger partial charge in [-0.15, -0.1) is 0 Å². The summed E-state index contributed by atoms with van der Waals surface area (Å²) in [7, 11) is 0. The topological polar surface area (TPSA) is 125 Å². The van der Waals surface area contributed by atoms with Gasteiger partial charge >= 0.3 is 0 Å². The zero-order valence-corrected chi connectivity index (χ0v) is 27.3. The molecule has 10 nitrogen and oxygen atoms in total. The normalized spacial score (nSPS) is 22.6. The quantitative estimate of drug-likeness (QED) is 0.0982. The van der Waals surface area contributed by atoms with Crippen LogP contribution in [0.3, 0.4) is 0 Å². The van der Waals surface area contributed by atoms with E-state index < -0.39 is 12.2 Å². The third kappa shape index (κ3) is 21.6. The molecule has 11 heteroatoms. The van der Waals surface area contributed by atoms with E-state index in [2.05, 4.69) is 6.26 Å². The van der Waals surface area contributed by atoms with Gasteiger partial charge in [0, 0.05) is 25.0 Å². The van der Waals surface area contributed by atoms with E-state index in [-0.39, 0.29) is 24.5 Å². The number of unbranched alkanes of at least 4 members (excludes halogenated alkanes) is 7. The molecule has 0 radical (unpaired) electrons. The Hall–Kier alpha value is -0.0500. The fourth-order valence-corrected chi connectivity index (χ4v) is 5.33. The maximum absolute atomic E-state index is 10.1. The second-order valence-electron chi connectivity index (χ2n) is 10.9. The van der Waals surface area contributed by atoms with Crippen molar-refractivity contribution in [1.82, 2.24) is 0 Å². The predicted octanol–water partition coefficient (Wildman–Crippen LogP) is 3.33. The largest absolute Gasteiger partial charge is 0.396 e. The van der Waals surface area contributed by atoms with Crippen LogP contribution in [0.4, 0.5) is 0 Å². The van der Waals surface area contributed by atoms with Gasteiger partial charge in [0.05, 0.1) is 97.6 Å². The van der Waals surface area contributed by atoms with Crippen molar-refractivity contribution >= 4 is 11.8 Å². The number of rotatable bonds is 31. The number of hydrogen-bond donors (Lipinski definition) is 3. The molecule has 5 atom stereocenters. The Kier molecular flexibility index (Phi) is 28.2. The van der Waals surface area contributed by atoms with Gasteiger partial charge in [-0.25, -0.2) is 0 Å². The Morgan fingerprint density at radius 2 is 0.952 bits per heavy atom. The zero-order chi connectivity index (χ0) is 30.5. The molecule has 42 heavy (non-hydrogen) atoms. The molecule has 1 aliphatic carbocycles. The fraction of sp³-hybridized carbons (Fsp3) is 1.00. The van der Waals surface area contributed by atoms with E-state index in [1.165, 1.54) is 50.7 Å². The molecule has 0 aromatic carbocycles. The van der Waals surface area contributed by atoms with Gasteiger partial charge in [-0.2, -0.15) is 11.8 Å². The molecule has 5 unspecified atom stereocenters. The summed E-state index contributed by atoms with van der Waals surface area (Å²) in [5.41, 5.74) is 0. The van der Waals surface area contributed by atoms with Crippen LogP contribution < -0.4 is 0 Å². The van der Waals surface area contributed by atoms with Crippen LogP contribution in [0.25, 0.3) is 0 Å². The van der Waals surface area contributed by atoms with Crippen molar-refractivity contribution in [2.45, 2.75) is 83.0 Å². The van der Waals surface area contributed by atoms with Gasteiger partial charge in [-0.1, -0.05) is 45.4 Å². The van der Waals surface area contributed by atoms with E-state index in [0.29, 0.717) is 85.7 Å². The Labute approximate surface area is 259 Å². The molecule has 1 rings (SSSR count). The highest BCUT2D eigenvalue weighted by Gasteiger charge is 2.41. The molecule has 0 bridgehead atoms. The lowest BCUT2D eigenvalue weighted by molar-refractivity contribution is -0.148. The summed E-state index contributed by atoms with van der Waals surface area (Å²) < 4.78 is 39.0. The van der Waals surface area contributed by atoms with Gasteiger partial charge < -0.3 is 48.5 Å². The molecule has 0 aromatic heterocycles. The number of ether oxygens (including phenoxy) is 7. The van der Waals surface area contributed by atoms with Crippen LogP contribution in [0, 0.1) is 11.8 Å². The van der Waals surface area contributed by atoms with Gasteiger partial charge in [-0.05, 0) is 31.3 Å². The lowest BCUT2D eigenvalue weighted by Gasteiger charge is -2.40. The maximum Gasteiger partial charge on any atom is 0.0853 e. The molecule has 0 aromatic rings. The van der Waals surface area contributed by atoms with Crippen LogP contribution in [0.15, 0.2) is 0 Å². The maximum atomic E-state index is 10.1. The second-order valence-corrected chi connectivity index (χ2v) is 11.9. The summed E-state index contributed by atoms with van der Waals surface area (Å²) in [6, 6.07) is 0. The summed E-state index contributed by atoms with van der Waals surface area (Å²) in [5.74, 6) is 0.742. The molecule has 0 heterocycles. The van der Waals surface area contributed by atoms with Crippen molar-refractivity contribution in [1.29, 1.82) is 0 Å². The van der Waals surface area contributed by atoms with Crippen LogP contribution in [0.5, 0.6) is 0 Å². The molecule has 3 N–H and O–H groups in total. The number of aliphatic hydroxyl groups is 3. The van der Waals surface area contributed by atoms with Crippen LogP contribution in [-0.4, -0.2) is 138 Å².